The molecule has 41 heavy (non-hydrogen) atoms. The number of aliphatic hydroxyl groups excluding tert-OH is 1. The molecule has 4 aliphatic rings. The van der Waals surface area contributed by atoms with Gasteiger partial charge in [-0.15, -0.1) is 0 Å². The Balaban J connectivity index is 0.000000336. The van der Waals surface area contributed by atoms with Gasteiger partial charge in [0.05, 0.1) is 36.2 Å². The number of methoxy groups -OCH3 is 2. The lowest BCUT2D eigenvalue weighted by atomic mass is 9.84. The number of amides is 2. The Hall–Kier alpha value is -2.94. The maximum atomic E-state index is 11.7. The first-order chi connectivity index (χ1) is 19.6. The first-order valence-electron chi connectivity index (χ1n) is 13.1. The third kappa shape index (κ3) is 9.02. The van der Waals surface area contributed by atoms with Gasteiger partial charge in [0, 0.05) is 63.4 Å². The Morgan fingerprint density at radius 1 is 0.732 bits per heavy atom. The van der Waals surface area contributed by atoms with Gasteiger partial charge in [-0.2, -0.15) is 0 Å². The van der Waals surface area contributed by atoms with Crippen LogP contribution in [0.25, 0.3) is 0 Å². The number of carbonyl (C=O) groups is 4. The number of fused-ring (bicyclic) bond motifs is 4. The zero-order valence-electron chi connectivity index (χ0n) is 25.1. The average Bonchev–Trinajstić information content (AvgIpc) is 3.73. The molecule has 0 aromatic rings. The number of esters is 2. The molecule has 0 saturated carbocycles. The van der Waals surface area contributed by atoms with E-state index in [9.17, 15) is 19.2 Å². The van der Waals surface area contributed by atoms with Crippen LogP contribution in [0.2, 0.25) is 0 Å². The van der Waals surface area contributed by atoms with Crippen molar-refractivity contribution in [2.45, 2.75) is 75.5 Å². The van der Waals surface area contributed by atoms with Crippen molar-refractivity contribution in [1.82, 2.24) is 10.6 Å². The Labute approximate surface area is 240 Å². The first kappa shape index (κ1) is 36.1. The van der Waals surface area contributed by atoms with E-state index >= 15 is 0 Å². The van der Waals surface area contributed by atoms with Gasteiger partial charge in [0.2, 0.25) is 11.8 Å². The van der Waals surface area contributed by atoms with Gasteiger partial charge in [-0.25, -0.2) is 9.98 Å². The lowest BCUT2D eigenvalue weighted by molar-refractivity contribution is -0.158. The number of aliphatic imine (C=N–C) groups is 2. The quantitative estimate of drug-likeness (QED) is 0.254. The van der Waals surface area contributed by atoms with Crippen LogP contribution in [-0.2, 0) is 47.6 Å². The minimum absolute atomic E-state index is 0.0548. The number of hydrogen-bond donors (Lipinski definition) is 3. The first-order valence-corrected chi connectivity index (χ1v) is 13.1. The highest BCUT2D eigenvalue weighted by atomic mass is 16.6. The Morgan fingerprint density at radius 3 is 1.46 bits per heavy atom. The Kier molecular flexibility index (Phi) is 15.6. The summed E-state index contributed by atoms with van der Waals surface area (Å²) in [5, 5.41) is 12.2. The highest BCUT2D eigenvalue weighted by molar-refractivity contribution is 5.80. The topological polar surface area (TPSA) is 193 Å². The van der Waals surface area contributed by atoms with Crippen molar-refractivity contribution < 1.29 is 52.7 Å². The van der Waals surface area contributed by atoms with Crippen molar-refractivity contribution in [1.29, 1.82) is 0 Å². The molecule has 4 rings (SSSR count). The molecule has 0 aliphatic carbocycles. The van der Waals surface area contributed by atoms with Crippen molar-refractivity contribution in [2.75, 3.05) is 49.5 Å². The number of nitrogens with zero attached hydrogens (tertiary/aromatic N) is 2. The number of nitrogens with one attached hydrogen (secondary N) is 2. The van der Waals surface area contributed by atoms with Crippen molar-refractivity contribution in [2.24, 2.45) is 21.8 Å². The molecular weight excluding hydrogens is 544 g/mol. The van der Waals surface area contributed by atoms with Gasteiger partial charge in [0.25, 0.3) is 0 Å². The van der Waals surface area contributed by atoms with E-state index in [-0.39, 0.29) is 66.1 Å². The summed E-state index contributed by atoms with van der Waals surface area (Å²) >= 11 is 0. The van der Waals surface area contributed by atoms with Crippen LogP contribution in [0.15, 0.2) is 9.98 Å². The van der Waals surface area contributed by atoms with Crippen LogP contribution in [0, 0.1) is 11.8 Å². The fraction of sp³-hybridized carbons (Fsp3) is 0.808. The summed E-state index contributed by atoms with van der Waals surface area (Å²) in [5.41, 5.74) is 0. The zero-order chi connectivity index (χ0) is 31.3. The highest BCUT2D eigenvalue weighted by Crippen LogP contribution is 2.43. The van der Waals surface area contributed by atoms with Gasteiger partial charge in [0.15, 0.2) is 12.2 Å². The van der Waals surface area contributed by atoms with E-state index in [0.29, 0.717) is 12.8 Å². The number of aliphatic hydroxyl groups is 1. The van der Waals surface area contributed by atoms with Gasteiger partial charge in [0.1, 0.15) is 18.3 Å². The maximum Gasteiger partial charge on any atom is 0.303 e. The molecule has 15 heteroatoms. The van der Waals surface area contributed by atoms with Gasteiger partial charge < -0.3 is 44.2 Å². The second kappa shape index (κ2) is 17.8. The molecule has 234 valence electrons. The average molecular weight is 589 g/mol. The molecule has 3 N–H and O–H groups in total. The molecule has 10 atom stereocenters. The van der Waals surface area contributed by atoms with Crippen molar-refractivity contribution in [3.05, 3.63) is 0 Å². The number of hydrogen-bond acceptors (Lipinski definition) is 13. The molecule has 4 heterocycles. The summed E-state index contributed by atoms with van der Waals surface area (Å²) in [6.45, 7) is 2.70. The summed E-state index contributed by atoms with van der Waals surface area (Å²) in [7, 11) is 10.5. The van der Waals surface area contributed by atoms with E-state index in [1.165, 1.54) is 21.0 Å². The van der Waals surface area contributed by atoms with Crippen LogP contribution in [0.3, 0.4) is 0 Å². The monoisotopic (exact) mass is 588 g/mol. The van der Waals surface area contributed by atoms with Crippen LogP contribution < -0.4 is 10.6 Å². The Bertz CT molecular complexity index is 936. The minimum atomic E-state index is -0.487. The van der Waals surface area contributed by atoms with E-state index in [0.717, 1.165) is 7.11 Å². The molecule has 4 aliphatic heterocycles. The van der Waals surface area contributed by atoms with E-state index in [2.05, 4.69) is 26.6 Å². The lowest BCUT2D eigenvalue weighted by Gasteiger charge is -2.30. The van der Waals surface area contributed by atoms with Crippen LogP contribution in [-0.4, -0.2) is 133 Å². The molecular formula is C26H44N4O11. The van der Waals surface area contributed by atoms with Crippen molar-refractivity contribution >= 4 is 29.8 Å². The second-order valence-corrected chi connectivity index (χ2v) is 9.29. The fourth-order valence-corrected chi connectivity index (χ4v) is 5.50. The molecule has 6 unspecified atom stereocenters. The molecule has 0 spiro atoms. The van der Waals surface area contributed by atoms with Gasteiger partial charge in [-0.1, -0.05) is 0 Å². The summed E-state index contributed by atoms with van der Waals surface area (Å²) in [5.74, 6) is -1.36. The summed E-state index contributed by atoms with van der Waals surface area (Å²) in [6, 6.07) is 2.36. The number of rotatable bonds is 6. The molecule has 15 nitrogen and oxygen atoms in total. The van der Waals surface area contributed by atoms with Crippen LogP contribution in [0.5, 0.6) is 0 Å². The maximum absolute atomic E-state index is 11.7. The predicted molar refractivity (Wildman–Crippen MR) is 144 cm³/mol. The van der Waals surface area contributed by atoms with Crippen LogP contribution in [0.1, 0.15) is 26.7 Å². The van der Waals surface area contributed by atoms with Crippen LogP contribution in [0.4, 0.5) is 0 Å². The smallest absolute Gasteiger partial charge is 0.303 e. The largest absolute Gasteiger partial charge is 0.457 e. The molecule has 4 fully saturated rings. The molecule has 0 radical (unpaired) electrons. The third-order valence-electron chi connectivity index (χ3n) is 6.97. The van der Waals surface area contributed by atoms with Crippen molar-refractivity contribution in [3.8, 4) is 0 Å². The minimum Gasteiger partial charge on any atom is -0.457 e. The summed E-state index contributed by atoms with van der Waals surface area (Å²) in [4.78, 5) is 52.2. The zero-order valence-corrected chi connectivity index (χ0v) is 25.1. The Morgan fingerprint density at radius 2 is 1.12 bits per heavy atom. The standard InChI is InChI=1S/2C11H17NO5.C3H6N2.CH4O/c1-5(13)16-9-7-4-6(11(14)12-2)8(17-7)10(9)15-3;1-5(13)16-10-8-6(11(14)12-2)4-7(17-8)9(10)15-3;1-4-3-5-2;1-2/h2*6-10H,4H2,1-3H3,(H,12,14);1-2H3;2H,1H3/t2*6?,7?,8-,9?,10+;;/m00../s1. The third-order valence-corrected chi connectivity index (χ3v) is 6.97. The molecule has 0 aromatic heterocycles. The number of ether oxygens (including phenoxy) is 6. The normalized spacial score (nSPS) is 33.2. The van der Waals surface area contributed by atoms with E-state index in [1.807, 2.05) is 0 Å². The molecule has 2 amide bonds. The summed E-state index contributed by atoms with van der Waals surface area (Å²) < 4.78 is 32.3. The predicted octanol–water partition coefficient (Wildman–Crippen LogP) is -1.04. The van der Waals surface area contributed by atoms with E-state index < -0.39 is 18.3 Å². The van der Waals surface area contributed by atoms with Crippen molar-refractivity contribution in [3.63, 3.8) is 0 Å². The molecule has 4 bridgehead atoms. The summed E-state index contributed by atoms with van der Waals surface area (Å²) in [6.07, 6.45) is -1.47. The second-order valence-electron chi connectivity index (χ2n) is 9.29. The molecule has 0 aromatic carbocycles. The lowest BCUT2D eigenvalue weighted by Crippen LogP contribution is -2.49. The van der Waals surface area contributed by atoms with Gasteiger partial charge in [-0.3, -0.25) is 19.2 Å². The molecule has 4 saturated heterocycles. The SMILES string of the molecule is CN=C=NC.CNC(=O)C1CC2O[C@@H]1[C@@H](OC(C)=O)C2OC.CNC(=O)C1CC2O[C@@H]1[C@@H](OC)C2OC(C)=O.CO. The van der Waals surface area contributed by atoms with E-state index in [1.54, 1.807) is 35.3 Å². The van der Waals surface area contributed by atoms with Gasteiger partial charge >= 0.3 is 11.9 Å². The highest BCUT2D eigenvalue weighted by Gasteiger charge is 2.59. The fourth-order valence-electron chi connectivity index (χ4n) is 5.50. The van der Waals surface area contributed by atoms with E-state index in [4.69, 9.17) is 33.5 Å². The van der Waals surface area contributed by atoms with Gasteiger partial charge in [-0.05, 0) is 12.8 Å². The number of carbonyl (C=O) groups excluding carboxylic acids is 4. The van der Waals surface area contributed by atoms with Crippen LogP contribution >= 0.6 is 0 Å².